The van der Waals surface area contributed by atoms with Gasteiger partial charge in [-0.1, -0.05) is 39.0 Å². The Labute approximate surface area is 112 Å². The van der Waals surface area contributed by atoms with Gasteiger partial charge in [0.15, 0.2) is 0 Å². The lowest BCUT2D eigenvalue weighted by molar-refractivity contribution is 0.594. The normalized spacial score (nSPS) is 12.4. The lowest BCUT2D eigenvalue weighted by atomic mass is 10.0. The molecule has 1 aromatic carbocycles. The summed E-state index contributed by atoms with van der Waals surface area (Å²) in [5, 5.41) is 3.51. The van der Waals surface area contributed by atoms with Gasteiger partial charge in [-0.15, -0.1) is 0 Å². The monoisotopic (exact) mass is 248 g/mol. The van der Waals surface area contributed by atoms with Gasteiger partial charge >= 0.3 is 0 Å². The average Bonchev–Trinajstić information content (AvgIpc) is 2.39. The number of anilines is 1. The van der Waals surface area contributed by atoms with E-state index in [1.165, 1.54) is 24.1 Å². The molecule has 0 radical (unpaired) electrons. The van der Waals surface area contributed by atoms with Crippen molar-refractivity contribution in [2.45, 2.75) is 46.6 Å². The van der Waals surface area contributed by atoms with Gasteiger partial charge in [0, 0.05) is 24.8 Å². The van der Waals surface area contributed by atoms with Crippen LogP contribution in [0, 0.1) is 0 Å². The minimum Gasteiger partial charge on any atom is -0.371 e. The Morgan fingerprint density at radius 1 is 1.06 bits per heavy atom. The molecule has 1 atom stereocenters. The molecular weight excluding hydrogens is 220 g/mol. The number of hydrogen-bond acceptors (Lipinski definition) is 2. The fraction of sp³-hybridized carbons (Fsp3) is 0.625. The minimum atomic E-state index is 0.419. The third kappa shape index (κ3) is 4.02. The topological polar surface area (TPSA) is 15.3 Å². The lowest BCUT2D eigenvalue weighted by Crippen LogP contribution is -2.28. The highest BCUT2D eigenvalue weighted by atomic mass is 15.1. The summed E-state index contributed by atoms with van der Waals surface area (Å²) in [5.41, 5.74) is 2.82. The molecule has 18 heavy (non-hydrogen) atoms. The molecule has 2 nitrogen and oxygen atoms in total. The van der Waals surface area contributed by atoms with Gasteiger partial charge in [0.1, 0.15) is 0 Å². The van der Waals surface area contributed by atoms with Gasteiger partial charge in [0.05, 0.1) is 0 Å². The van der Waals surface area contributed by atoms with E-state index in [-0.39, 0.29) is 0 Å². The van der Waals surface area contributed by atoms with E-state index in [2.05, 4.69) is 62.2 Å². The van der Waals surface area contributed by atoms with Crippen molar-refractivity contribution in [2.75, 3.05) is 24.5 Å². The van der Waals surface area contributed by atoms with E-state index in [0.29, 0.717) is 6.04 Å². The van der Waals surface area contributed by atoms with E-state index >= 15 is 0 Å². The zero-order chi connectivity index (χ0) is 13.4. The maximum Gasteiger partial charge on any atom is 0.0414 e. The standard InChI is InChI=1S/C16H28N2/c1-5-12-18(13-6-2)16-11-9-8-10-15(16)14(4)17-7-3/h8-11,14,17H,5-7,12-13H2,1-4H3. The van der Waals surface area contributed by atoms with Crippen LogP contribution in [0.2, 0.25) is 0 Å². The second-order valence-electron chi connectivity index (χ2n) is 4.83. The van der Waals surface area contributed by atoms with Crippen molar-refractivity contribution in [3.05, 3.63) is 29.8 Å². The number of para-hydroxylation sites is 1. The predicted octanol–water partition coefficient (Wildman–Crippen LogP) is 3.98. The number of nitrogens with one attached hydrogen (secondary N) is 1. The summed E-state index contributed by atoms with van der Waals surface area (Å²) in [6.45, 7) is 12.2. The maximum atomic E-state index is 3.51. The highest BCUT2D eigenvalue weighted by Crippen LogP contribution is 2.26. The second-order valence-corrected chi connectivity index (χ2v) is 4.83. The average molecular weight is 248 g/mol. The zero-order valence-corrected chi connectivity index (χ0v) is 12.4. The Kier molecular flexibility index (Phi) is 6.81. The van der Waals surface area contributed by atoms with Crippen LogP contribution >= 0.6 is 0 Å². The van der Waals surface area contributed by atoms with Gasteiger partial charge in [-0.2, -0.15) is 0 Å². The predicted molar refractivity (Wildman–Crippen MR) is 81.3 cm³/mol. The van der Waals surface area contributed by atoms with Crippen molar-refractivity contribution < 1.29 is 0 Å². The lowest BCUT2D eigenvalue weighted by Gasteiger charge is -2.28. The number of rotatable bonds is 8. The Balaban J connectivity index is 2.97. The fourth-order valence-electron chi connectivity index (χ4n) is 2.45. The van der Waals surface area contributed by atoms with Gasteiger partial charge in [0.2, 0.25) is 0 Å². The van der Waals surface area contributed by atoms with Gasteiger partial charge < -0.3 is 10.2 Å². The highest BCUT2D eigenvalue weighted by Gasteiger charge is 2.13. The summed E-state index contributed by atoms with van der Waals surface area (Å²) in [7, 11) is 0. The first kappa shape index (κ1) is 15.0. The van der Waals surface area contributed by atoms with Crippen LogP contribution in [0.25, 0.3) is 0 Å². The van der Waals surface area contributed by atoms with Crippen LogP contribution in [0.1, 0.15) is 52.1 Å². The largest absolute Gasteiger partial charge is 0.371 e. The minimum absolute atomic E-state index is 0.419. The Bertz CT molecular complexity index is 330. The molecule has 1 rings (SSSR count). The Morgan fingerprint density at radius 2 is 1.67 bits per heavy atom. The molecule has 0 saturated heterocycles. The molecule has 102 valence electrons. The molecule has 0 aliphatic carbocycles. The van der Waals surface area contributed by atoms with Crippen LogP contribution in [0.15, 0.2) is 24.3 Å². The summed E-state index contributed by atoms with van der Waals surface area (Å²) in [6.07, 6.45) is 2.40. The SMILES string of the molecule is CCCN(CCC)c1ccccc1C(C)NCC. The first-order chi connectivity index (χ1) is 8.74. The molecule has 1 unspecified atom stereocenters. The van der Waals surface area contributed by atoms with Crippen molar-refractivity contribution in [3.8, 4) is 0 Å². The van der Waals surface area contributed by atoms with E-state index in [1.54, 1.807) is 0 Å². The second kappa shape index (κ2) is 8.15. The molecular formula is C16H28N2. The Morgan fingerprint density at radius 3 is 2.22 bits per heavy atom. The van der Waals surface area contributed by atoms with Crippen LogP contribution < -0.4 is 10.2 Å². The van der Waals surface area contributed by atoms with Gasteiger partial charge in [-0.25, -0.2) is 0 Å². The first-order valence-electron chi connectivity index (χ1n) is 7.31. The number of nitrogens with zero attached hydrogens (tertiary/aromatic N) is 1. The summed E-state index contributed by atoms with van der Waals surface area (Å²) in [4.78, 5) is 2.52. The fourth-order valence-corrected chi connectivity index (χ4v) is 2.45. The summed E-state index contributed by atoms with van der Waals surface area (Å²) >= 11 is 0. The van der Waals surface area contributed by atoms with Crippen LogP contribution in [0.4, 0.5) is 5.69 Å². The van der Waals surface area contributed by atoms with E-state index in [9.17, 15) is 0 Å². The molecule has 0 aliphatic rings. The van der Waals surface area contributed by atoms with Crippen LogP contribution in [-0.4, -0.2) is 19.6 Å². The molecule has 0 heterocycles. The molecule has 0 fully saturated rings. The molecule has 2 heteroatoms. The smallest absolute Gasteiger partial charge is 0.0414 e. The Hall–Kier alpha value is -1.02. The quantitative estimate of drug-likeness (QED) is 0.748. The highest BCUT2D eigenvalue weighted by molar-refractivity contribution is 5.54. The molecule has 0 spiro atoms. The van der Waals surface area contributed by atoms with Crippen LogP contribution in [0.3, 0.4) is 0 Å². The molecule has 0 aromatic heterocycles. The van der Waals surface area contributed by atoms with Gasteiger partial charge in [-0.05, 0) is 37.9 Å². The number of hydrogen-bond donors (Lipinski definition) is 1. The summed E-state index contributed by atoms with van der Waals surface area (Å²) < 4.78 is 0. The van der Waals surface area contributed by atoms with Gasteiger partial charge in [0.25, 0.3) is 0 Å². The molecule has 0 amide bonds. The molecule has 0 saturated carbocycles. The molecule has 1 N–H and O–H groups in total. The summed E-state index contributed by atoms with van der Waals surface area (Å²) in [6, 6.07) is 9.22. The maximum absolute atomic E-state index is 3.51. The van der Waals surface area contributed by atoms with Crippen LogP contribution in [-0.2, 0) is 0 Å². The molecule has 1 aromatic rings. The van der Waals surface area contributed by atoms with Crippen molar-refractivity contribution in [1.82, 2.24) is 5.32 Å². The van der Waals surface area contributed by atoms with Crippen molar-refractivity contribution in [1.29, 1.82) is 0 Å². The van der Waals surface area contributed by atoms with Gasteiger partial charge in [-0.3, -0.25) is 0 Å². The van der Waals surface area contributed by atoms with E-state index in [1.807, 2.05) is 0 Å². The van der Waals surface area contributed by atoms with Crippen molar-refractivity contribution in [3.63, 3.8) is 0 Å². The molecule has 0 bridgehead atoms. The van der Waals surface area contributed by atoms with Crippen molar-refractivity contribution >= 4 is 5.69 Å². The van der Waals surface area contributed by atoms with E-state index in [0.717, 1.165) is 19.6 Å². The van der Waals surface area contributed by atoms with Crippen LogP contribution in [0.5, 0.6) is 0 Å². The van der Waals surface area contributed by atoms with E-state index in [4.69, 9.17) is 0 Å². The third-order valence-corrected chi connectivity index (χ3v) is 3.24. The first-order valence-corrected chi connectivity index (χ1v) is 7.31. The zero-order valence-electron chi connectivity index (χ0n) is 12.4. The molecule has 0 aliphatic heterocycles. The number of benzene rings is 1. The third-order valence-electron chi connectivity index (χ3n) is 3.24. The summed E-state index contributed by atoms with van der Waals surface area (Å²) in [5.74, 6) is 0. The van der Waals surface area contributed by atoms with Crippen molar-refractivity contribution in [2.24, 2.45) is 0 Å². The van der Waals surface area contributed by atoms with E-state index < -0.39 is 0 Å².